The fourth-order valence-corrected chi connectivity index (χ4v) is 1.27. The van der Waals surface area contributed by atoms with Crippen LogP contribution in [0.5, 0.6) is 0 Å². The molecule has 0 aromatic carbocycles. The first-order chi connectivity index (χ1) is 6.09. The van der Waals surface area contributed by atoms with E-state index in [9.17, 15) is 0 Å². The third kappa shape index (κ3) is 3.20. The molecule has 0 amide bonds. The van der Waals surface area contributed by atoms with E-state index in [1.165, 1.54) is 0 Å². The molecule has 1 aromatic rings. The van der Waals surface area contributed by atoms with Crippen molar-refractivity contribution < 1.29 is 9.52 Å². The van der Waals surface area contributed by atoms with Crippen LogP contribution in [0.15, 0.2) is 10.5 Å². The predicted molar refractivity (Wildman–Crippen MR) is 51.6 cm³/mol. The molecule has 0 unspecified atom stereocenters. The van der Waals surface area contributed by atoms with Crippen molar-refractivity contribution in [1.82, 2.24) is 5.32 Å². The van der Waals surface area contributed by atoms with Crippen LogP contribution in [-0.2, 0) is 6.54 Å². The molecule has 3 nitrogen and oxygen atoms in total. The number of furan rings is 1. The lowest BCUT2D eigenvalue weighted by molar-refractivity contribution is 0.191. The minimum atomic E-state index is -0.298. The zero-order valence-electron chi connectivity index (χ0n) is 8.42. The normalized spacial score (nSPS) is 13.2. The van der Waals surface area contributed by atoms with Crippen LogP contribution in [0, 0.1) is 13.8 Å². The number of aliphatic hydroxyl groups is 1. The number of nitrogens with one attached hydrogen (secondary N) is 1. The van der Waals surface area contributed by atoms with Gasteiger partial charge in [-0.2, -0.15) is 0 Å². The molecule has 1 aromatic heterocycles. The largest absolute Gasteiger partial charge is 0.466 e. The van der Waals surface area contributed by atoms with Crippen LogP contribution < -0.4 is 5.32 Å². The average Bonchev–Trinajstić information content (AvgIpc) is 2.29. The van der Waals surface area contributed by atoms with Crippen LogP contribution in [0.4, 0.5) is 0 Å². The summed E-state index contributed by atoms with van der Waals surface area (Å²) < 4.78 is 5.37. The highest BCUT2D eigenvalue weighted by molar-refractivity contribution is 5.19. The van der Waals surface area contributed by atoms with E-state index in [2.05, 4.69) is 5.32 Å². The lowest BCUT2D eigenvalue weighted by Gasteiger charge is -2.05. The molecular formula is C10H17NO2. The van der Waals surface area contributed by atoms with Crippen molar-refractivity contribution in [2.45, 2.75) is 33.4 Å². The summed E-state index contributed by atoms with van der Waals surface area (Å²) in [4.78, 5) is 0. The first-order valence-electron chi connectivity index (χ1n) is 4.54. The Bertz CT molecular complexity index is 266. The molecule has 0 aliphatic rings. The molecule has 1 rings (SSSR count). The van der Waals surface area contributed by atoms with Crippen LogP contribution in [0.1, 0.15) is 24.0 Å². The monoisotopic (exact) mass is 183 g/mol. The van der Waals surface area contributed by atoms with Crippen LogP contribution in [-0.4, -0.2) is 17.8 Å². The quantitative estimate of drug-likeness (QED) is 0.741. The van der Waals surface area contributed by atoms with Crippen molar-refractivity contribution in [3.8, 4) is 0 Å². The van der Waals surface area contributed by atoms with Crippen molar-refractivity contribution in [3.63, 3.8) is 0 Å². The third-order valence-corrected chi connectivity index (χ3v) is 1.90. The van der Waals surface area contributed by atoms with Crippen molar-refractivity contribution in [2.24, 2.45) is 0 Å². The molecule has 1 atom stereocenters. The van der Waals surface area contributed by atoms with Gasteiger partial charge in [0.1, 0.15) is 11.5 Å². The Hall–Kier alpha value is -0.800. The summed E-state index contributed by atoms with van der Waals surface area (Å²) in [6.45, 7) is 7.02. The van der Waals surface area contributed by atoms with E-state index in [0.29, 0.717) is 6.54 Å². The van der Waals surface area contributed by atoms with Gasteiger partial charge in [-0.3, -0.25) is 0 Å². The minimum absolute atomic E-state index is 0.298. The highest BCUT2D eigenvalue weighted by Crippen LogP contribution is 2.12. The van der Waals surface area contributed by atoms with Gasteiger partial charge >= 0.3 is 0 Å². The first kappa shape index (κ1) is 10.3. The maximum atomic E-state index is 9.02. The topological polar surface area (TPSA) is 45.4 Å². The Morgan fingerprint density at radius 2 is 2.23 bits per heavy atom. The molecule has 0 saturated heterocycles. The SMILES string of the molecule is Cc1cc(CNC[C@@H](C)O)c(C)o1. The minimum Gasteiger partial charge on any atom is -0.466 e. The molecular weight excluding hydrogens is 166 g/mol. The zero-order chi connectivity index (χ0) is 9.84. The second kappa shape index (κ2) is 4.44. The van der Waals surface area contributed by atoms with Crippen molar-refractivity contribution >= 4 is 0 Å². The molecule has 0 fully saturated rings. The second-order valence-electron chi connectivity index (χ2n) is 3.42. The second-order valence-corrected chi connectivity index (χ2v) is 3.42. The molecule has 0 saturated carbocycles. The summed E-state index contributed by atoms with van der Waals surface area (Å²) in [6.07, 6.45) is -0.298. The molecule has 0 aliphatic heterocycles. The van der Waals surface area contributed by atoms with Crippen LogP contribution in [0.25, 0.3) is 0 Å². The van der Waals surface area contributed by atoms with Crippen LogP contribution in [0.2, 0.25) is 0 Å². The molecule has 2 N–H and O–H groups in total. The average molecular weight is 183 g/mol. The Labute approximate surface area is 78.8 Å². The number of aryl methyl sites for hydroxylation is 2. The van der Waals surface area contributed by atoms with Gasteiger partial charge < -0.3 is 14.8 Å². The van der Waals surface area contributed by atoms with Crippen LogP contribution in [0.3, 0.4) is 0 Å². The van der Waals surface area contributed by atoms with Gasteiger partial charge in [0.2, 0.25) is 0 Å². The van der Waals surface area contributed by atoms with Gasteiger partial charge in [0, 0.05) is 18.7 Å². The number of rotatable bonds is 4. The van der Waals surface area contributed by atoms with E-state index in [4.69, 9.17) is 9.52 Å². The van der Waals surface area contributed by atoms with E-state index in [1.54, 1.807) is 6.92 Å². The van der Waals surface area contributed by atoms with Gasteiger partial charge in [0.15, 0.2) is 0 Å². The zero-order valence-corrected chi connectivity index (χ0v) is 8.42. The summed E-state index contributed by atoms with van der Waals surface area (Å²) in [7, 11) is 0. The number of hydrogen-bond donors (Lipinski definition) is 2. The summed E-state index contributed by atoms with van der Waals surface area (Å²) in [6, 6.07) is 2.02. The van der Waals surface area contributed by atoms with Gasteiger partial charge in [-0.05, 0) is 26.8 Å². The van der Waals surface area contributed by atoms with E-state index >= 15 is 0 Å². The van der Waals surface area contributed by atoms with Crippen LogP contribution >= 0.6 is 0 Å². The summed E-state index contributed by atoms with van der Waals surface area (Å²) >= 11 is 0. The summed E-state index contributed by atoms with van der Waals surface area (Å²) in [5.41, 5.74) is 1.16. The van der Waals surface area contributed by atoms with Crippen molar-refractivity contribution in [2.75, 3.05) is 6.54 Å². The standard InChI is InChI=1S/C10H17NO2/c1-7(12)5-11-6-10-4-8(2)13-9(10)3/h4,7,11-12H,5-6H2,1-3H3/t7-/m1/s1. The smallest absolute Gasteiger partial charge is 0.105 e. The summed E-state index contributed by atoms with van der Waals surface area (Å²) in [5, 5.41) is 12.2. The van der Waals surface area contributed by atoms with E-state index < -0.39 is 0 Å². The van der Waals surface area contributed by atoms with Crippen molar-refractivity contribution in [1.29, 1.82) is 0 Å². The van der Waals surface area contributed by atoms with Gasteiger partial charge in [-0.1, -0.05) is 0 Å². The number of hydrogen-bond acceptors (Lipinski definition) is 3. The van der Waals surface area contributed by atoms with Gasteiger partial charge in [0.25, 0.3) is 0 Å². The predicted octanol–water partition coefficient (Wildman–Crippen LogP) is 1.37. The lowest BCUT2D eigenvalue weighted by atomic mass is 10.2. The highest BCUT2D eigenvalue weighted by atomic mass is 16.3. The molecule has 0 aliphatic carbocycles. The Morgan fingerprint density at radius 3 is 2.69 bits per heavy atom. The molecule has 74 valence electrons. The highest BCUT2D eigenvalue weighted by Gasteiger charge is 2.03. The van der Waals surface area contributed by atoms with Gasteiger partial charge in [-0.15, -0.1) is 0 Å². The van der Waals surface area contributed by atoms with Gasteiger partial charge in [-0.25, -0.2) is 0 Å². The summed E-state index contributed by atoms with van der Waals surface area (Å²) in [5.74, 6) is 1.89. The van der Waals surface area contributed by atoms with E-state index in [-0.39, 0.29) is 6.10 Å². The molecule has 0 radical (unpaired) electrons. The molecule has 13 heavy (non-hydrogen) atoms. The third-order valence-electron chi connectivity index (χ3n) is 1.90. The lowest BCUT2D eigenvalue weighted by Crippen LogP contribution is -2.23. The first-order valence-corrected chi connectivity index (χ1v) is 4.54. The van der Waals surface area contributed by atoms with Crippen molar-refractivity contribution in [3.05, 3.63) is 23.2 Å². The fraction of sp³-hybridized carbons (Fsp3) is 0.600. The van der Waals surface area contributed by atoms with Gasteiger partial charge in [0.05, 0.1) is 6.10 Å². The Kier molecular flexibility index (Phi) is 3.51. The number of aliphatic hydroxyl groups excluding tert-OH is 1. The molecule has 1 heterocycles. The Balaban J connectivity index is 2.40. The molecule has 0 spiro atoms. The molecule has 3 heteroatoms. The molecule has 0 bridgehead atoms. The fourth-order valence-electron chi connectivity index (χ4n) is 1.27. The van der Waals surface area contributed by atoms with E-state index in [1.807, 2.05) is 19.9 Å². The maximum absolute atomic E-state index is 9.02. The van der Waals surface area contributed by atoms with E-state index in [0.717, 1.165) is 23.6 Å². The Morgan fingerprint density at radius 1 is 1.54 bits per heavy atom. The maximum Gasteiger partial charge on any atom is 0.105 e.